The van der Waals surface area contributed by atoms with Gasteiger partial charge in [0.15, 0.2) is 5.76 Å². The summed E-state index contributed by atoms with van der Waals surface area (Å²) in [7, 11) is -1.38. The monoisotopic (exact) mass is 408 g/mol. The highest BCUT2D eigenvalue weighted by molar-refractivity contribution is 9.12. The van der Waals surface area contributed by atoms with E-state index in [2.05, 4.69) is 25.0 Å². The molecule has 0 radical (unpaired) electrons. The summed E-state index contributed by atoms with van der Waals surface area (Å²) in [5.41, 5.74) is 0.391. The Bertz CT molecular complexity index is 538. The quantitative estimate of drug-likeness (QED) is 0.463. The SMILES string of the molecule is COP(=O)(OC)O/C(=C(/Cl)Br)c1ccc(Cl)cc1Cl. The molecule has 1 aromatic rings. The molecule has 19 heavy (non-hydrogen) atoms. The molecule has 0 saturated carbocycles. The minimum absolute atomic E-state index is 0.0235. The van der Waals surface area contributed by atoms with E-state index in [9.17, 15) is 4.57 Å². The predicted molar refractivity (Wildman–Crippen MR) is 80.9 cm³/mol. The van der Waals surface area contributed by atoms with Gasteiger partial charge in [-0.05, 0) is 34.1 Å². The van der Waals surface area contributed by atoms with Gasteiger partial charge in [-0.3, -0.25) is 9.05 Å². The number of rotatable bonds is 5. The molecule has 0 spiro atoms. The molecule has 0 unspecified atom stereocenters. The summed E-state index contributed by atoms with van der Waals surface area (Å²) in [5.74, 6) is 0.0235. The van der Waals surface area contributed by atoms with Crippen LogP contribution in [0.5, 0.6) is 0 Å². The molecule has 0 heterocycles. The number of hydrogen-bond acceptors (Lipinski definition) is 4. The molecule has 106 valence electrons. The summed E-state index contributed by atoms with van der Waals surface area (Å²) in [6.45, 7) is 0. The van der Waals surface area contributed by atoms with E-state index in [0.29, 0.717) is 10.6 Å². The molecule has 0 atom stereocenters. The van der Waals surface area contributed by atoms with Gasteiger partial charge in [-0.1, -0.05) is 34.8 Å². The van der Waals surface area contributed by atoms with Crippen LogP contribution in [0.3, 0.4) is 0 Å². The number of phosphoric acid groups is 1. The Morgan fingerprint density at radius 2 is 1.84 bits per heavy atom. The molecular formula is C10H9BrCl3O4P. The smallest absolute Gasteiger partial charge is 0.401 e. The molecule has 0 fully saturated rings. The van der Waals surface area contributed by atoms with E-state index in [4.69, 9.17) is 39.3 Å². The third-order valence-electron chi connectivity index (χ3n) is 2.00. The third kappa shape index (κ3) is 4.64. The Kier molecular flexibility index (Phi) is 6.67. The second kappa shape index (κ2) is 7.32. The van der Waals surface area contributed by atoms with Gasteiger partial charge in [0.2, 0.25) is 0 Å². The summed E-state index contributed by atoms with van der Waals surface area (Å²) in [4.78, 5) is 0. The fourth-order valence-electron chi connectivity index (χ4n) is 1.12. The normalized spacial score (nSPS) is 13.2. The number of halogens is 4. The highest BCUT2D eigenvalue weighted by Gasteiger charge is 2.28. The van der Waals surface area contributed by atoms with E-state index in [-0.39, 0.29) is 14.7 Å². The molecule has 1 aromatic carbocycles. The number of hydrogen-bond donors (Lipinski definition) is 0. The molecule has 0 aliphatic carbocycles. The van der Waals surface area contributed by atoms with Crippen molar-refractivity contribution in [1.29, 1.82) is 0 Å². The van der Waals surface area contributed by atoms with Gasteiger partial charge in [-0.2, -0.15) is 0 Å². The fraction of sp³-hybridized carbons (Fsp3) is 0.200. The van der Waals surface area contributed by atoms with Crippen LogP contribution in [0.4, 0.5) is 0 Å². The largest absolute Gasteiger partial charge is 0.529 e. The molecule has 0 N–H and O–H groups in total. The van der Waals surface area contributed by atoms with E-state index >= 15 is 0 Å². The minimum Gasteiger partial charge on any atom is -0.401 e. The topological polar surface area (TPSA) is 44.8 Å². The average Bonchev–Trinajstić information content (AvgIpc) is 2.36. The molecule has 0 aliphatic rings. The summed E-state index contributed by atoms with van der Waals surface area (Å²) < 4.78 is 26.6. The second-order valence-electron chi connectivity index (χ2n) is 3.12. The van der Waals surface area contributed by atoms with Crippen molar-refractivity contribution >= 4 is 64.3 Å². The fourth-order valence-corrected chi connectivity index (χ4v) is 2.94. The van der Waals surface area contributed by atoms with E-state index in [1.807, 2.05) is 0 Å². The van der Waals surface area contributed by atoms with Gasteiger partial charge >= 0.3 is 7.82 Å². The molecule has 4 nitrogen and oxygen atoms in total. The zero-order valence-corrected chi connectivity index (χ0v) is 14.6. The highest BCUT2D eigenvalue weighted by Crippen LogP contribution is 2.53. The molecule has 0 amide bonds. The van der Waals surface area contributed by atoms with E-state index in [1.165, 1.54) is 20.3 Å². The lowest BCUT2D eigenvalue weighted by atomic mass is 10.2. The summed E-state index contributed by atoms with van der Waals surface area (Å²) >= 11 is 20.7. The molecule has 1 rings (SSSR count). The third-order valence-corrected chi connectivity index (χ3v) is 4.38. The van der Waals surface area contributed by atoms with Gasteiger partial charge in [0, 0.05) is 24.8 Å². The average molecular weight is 410 g/mol. The van der Waals surface area contributed by atoms with Gasteiger partial charge in [0.25, 0.3) is 0 Å². The zero-order chi connectivity index (χ0) is 14.6. The van der Waals surface area contributed by atoms with Crippen molar-refractivity contribution in [2.24, 2.45) is 0 Å². The lowest BCUT2D eigenvalue weighted by Gasteiger charge is -2.17. The summed E-state index contributed by atoms with van der Waals surface area (Å²) in [5, 5.41) is 0.722. The van der Waals surface area contributed by atoms with Gasteiger partial charge in [-0.25, -0.2) is 4.57 Å². The lowest BCUT2D eigenvalue weighted by molar-refractivity contribution is 0.201. The maximum absolute atomic E-state index is 12.0. The standard InChI is InChI=1S/C10H9BrCl3O4P/c1-16-19(15,17-2)18-9(10(11)14)7-4-3-6(12)5-8(7)13/h3-5H,1-2H3/b10-9+. The molecular weight excluding hydrogens is 401 g/mol. The lowest BCUT2D eigenvalue weighted by Crippen LogP contribution is -1.97. The van der Waals surface area contributed by atoms with Gasteiger partial charge in [0.1, 0.15) is 3.94 Å². The predicted octanol–water partition coefficient (Wildman–Crippen LogP) is 5.67. The van der Waals surface area contributed by atoms with Crippen LogP contribution in [0.2, 0.25) is 10.0 Å². The molecule has 0 saturated heterocycles. The van der Waals surface area contributed by atoms with Gasteiger partial charge < -0.3 is 4.52 Å². The Hall–Kier alpha value is 0.260. The first-order valence-electron chi connectivity index (χ1n) is 4.74. The Balaban J connectivity index is 3.24. The Morgan fingerprint density at radius 3 is 2.26 bits per heavy atom. The Labute approximate surface area is 134 Å². The number of benzene rings is 1. The van der Waals surface area contributed by atoms with Crippen LogP contribution in [-0.2, 0) is 18.1 Å². The molecule has 9 heteroatoms. The van der Waals surface area contributed by atoms with Crippen molar-refractivity contribution in [2.75, 3.05) is 14.2 Å². The van der Waals surface area contributed by atoms with E-state index in [1.54, 1.807) is 12.1 Å². The number of phosphoric ester groups is 1. The maximum atomic E-state index is 12.0. The van der Waals surface area contributed by atoms with Crippen LogP contribution in [0, 0.1) is 0 Å². The first-order valence-corrected chi connectivity index (χ1v) is 8.13. The summed E-state index contributed by atoms with van der Waals surface area (Å²) in [6.07, 6.45) is 0. The molecule has 0 aromatic heterocycles. The highest BCUT2D eigenvalue weighted by atomic mass is 79.9. The molecule has 0 bridgehead atoms. The van der Waals surface area contributed by atoms with Crippen LogP contribution in [-0.4, -0.2) is 14.2 Å². The molecule has 0 aliphatic heterocycles. The van der Waals surface area contributed by atoms with Gasteiger partial charge in [0.05, 0.1) is 5.02 Å². The van der Waals surface area contributed by atoms with E-state index in [0.717, 1.165) is 0 Å². The summed E-state index contributed by atoms with van der Waals surface area (Å²) in [6, 6.07) is 4.65. The van der Waals surface area contributed by atoms with Gasteiger partial charge in [-0.15, -0.1) is 0 Å². The van der Waals surface area contributed by atoms with Crippen LogP contribution in [0.1, 0.15) is 5.56 Å². The van der Waals surface area contributed by atoms with Crippen LogP contribution >= 0.6 is 58.6 Å². The van der Waals surface area contributed by atoms with Crippen LogP contribution in [0.25, 0.3) is 5.76 Å². The minimum atomic E-state index is -3.75. The maximum Gasteiger partial charge on any atom is 0.529 e. The van der Waals surface area contributed by atoms with Crippen molar-refractivity contribution in [3.63, 3.8) is 0 Å². The van der Waals surface area contributed by atoms with Crippen LogP contribution < -0.4 is 0 Å². The second-order valence-corrected chi connectivity index (χ2v) is 7.40. The van der Waals surface area contributed by atoms with Crippen LogP contribution in [0.15, 0.2) is 22.1 Å². The Morgan fingerprint density at radius 1 is 1.26 bits per heavy atom. The van der Waals surface area contributed by atoms with Crippen molar-refractivity contribution in [1.82, 2.24) is 0 Å². The first-order chi connectivity index (χ1) is 8.83. The van der Waals surface area contributed by atoms with Crippen molar-refractivity contribution in [2.45, 2.75) is 0 Å². The zero-order valence-electron chi connectivity index (χ0n) is 9.82. The van der Waals surface area contributed by atoms with Crippen molar-refractivity contribution in [3.8, 4) is 0 Å². The van der Waals surface area contributed by atoms with Crippen molar-refractivity contribution < 1.29 is 18.1 Å². The van der Waals surface area contributed by atoms with E-state index < -0.39 is 7.82 Å². The van der Waals surface area contributed by atoms with Crippen molar-refractivity contribution in [3.05, 3.63) is 37.7 Å². The first kappa shape index (κ1) is 17.3.